The Balaban J connectivity index is 2.29. The van der Waals surface area contributed by atoms with E-state index in [2.05, 4.69) is 0 Å². The van der Waals surface area contributed by atoms with Crippen LogP contribution in [-0.2, 0) is 4.79 Å². The summed E-state index contributed by atoms with van der Waals surface area (Å²) < 4.78 is 15.6. The highest BCUT2D eigenvalue weighted by Crippen LogP contribution is 2.37. The van der Waals surface area contributed by atoms with Gasteiger partial charge in [0.1, 0.15) is 0 Å². The molecular weight excluding hydrogens is 371 g/mol. The van der Waals surface area contributed by atoms with Gasteiger partial charge in [0.05, 0.1) is 11.4 Å². The fraction of sp³-hybridized carbons (Fsp3) is 0.304. The quantitative estimate of drug-likeness (QED) is 0.641. The van der Waals surface area contributed by atoms with Crippen LogP contribution in [0.5, 0.6) is 5.75 Å². The molecule has 0 bridgehead atoms. The molecule has 0 saturated carbocycles. The zero-order valence-corrected chi connectivity index (χ0v) is 16.8. The Bertz CT molecular complexity index is 1080. The van der Waals surface area contributed by atoms with Gasteiger partial charge in [-0.3, -0.25) is 14.2 Å². The summed E-state index contributed by atoms with van der Waals surface area (Å²) in [6.45, 7) is 5.65. The molecule has 29 heavy (non-hydrogen) atoms. The van der Waals surface area contributed by atoms with E-state index >= 15 is 0 Å². The zero-order valence-electron chi connectivity index (χ0n) is 16.8. The van der Waals surface area contributed by atoms with Gasteiger partial charge in [0, 0.05) is 22.7 Å². The molecule has 1 aromatic heterocycles. The number of hydrogen-bond donors (Lipinski definition) is 2. The molecule has 0 radical (unpaired) electrons. The van der Waals surface area contributed by atoms with Crippen molar-refractivity contribution < 1.29 is 19.1 Å². The van der Waals surface area contributed by atoms with Crippen molar-refractivity contribution >= 4 is 22.7 Å². The van der Waals surface area contributed by atoms with E-state index in [1.54, 1.807) is 19.1 Å². The Morgan fingerprint density at radius 3 is 2.41 bits per heavy atom. The van der Waals surface area contributed by atoms with Gasteiger partial charge in [-0.15, -0.1) is 0 Å². The zero-order chi connectivity index (χ0) is 21.3. The molecule has 6 heteroatoms. The number of carbonyl (C=O) groups excluding carboxylic acids is 2. The van der Waals surface area contributed by atoms with Crippen molar-refractivity contribution in [2.75, 3.05) is 0 Å². The van der Waals surface area contributed by atoms with E-state index in [1.807, 2.05) is 26.0 Å². The summed E-state index contributed by atoms with van der Waals surface area (Å²) >= 11 is 0. The van der Waals surface area contributed by atoms with Crippen molar-refractivity contribution in [3.8, 4) is 5.75 Å². The normalized spacial score (nSPS) is 12.3. The standard InChI is InChI=1S/C23H25FN2O3/c1-4-5-6-16(22(25)28)21-14(3)26(19-12-18(24)20(27)11-17(19)21)23(29)15-9-7-13(2)8-10-15/h7-12,16,27H,4-6H2,1-3H3,(H2,25,28). The van der Waals surface area contributed by atoms with Gasteiger partial charge in [-0.25, -0.2) is 4.39 Å². The van der Waals surface area contributed by atoms with E-state index < -0.39 is 23.4 Å². The number of rotatable bonds is 6. The van der Waals surface area contributed by atoms with Gasteiger partial charge in [0.25, 0.3) is 5.91 Å². The predicted octanol–water partition coefficient (Wildman–Crippen LogP) is 4.55. The first kappa shape index (κ1) is 20.6. The fourth-order valence-electron chi connectivity index (χ4n) is 3.81. The number of carbonyl (C=O) groups is 2. The second kappa shape index (κ2) is 8.07. The number of aromatic nitrogens is 1. The summed E-state index contributed by atoms with van der Waals surface area (Å²) in [5, 5.41) is 10.4. The number of nitrogens with two attached hydrogens (primary N) is 1. The van der Waals surface area contributed by atoms with E-state index in [-0.39, 0.29) is 5.91 Å². The molecule has 0 spiro atoms. The van der Waals surface area contributed by atoms with Crippen LogP contribution in [0.3, 0.4) is 0 Å². The molecule has 1 amide bonds. The van der Waals surface area contributed by atoms with Gasteiger partial charge in [-0.05, 0) is 44.0 Å². The number of halogens is 1. The highest BCUT2D eigenvalue weighted by molar-refractivity contribution is 6.05. The Morgan fingerprint density at radius 1 is 1.17 bits per heavy atom. The molecule has 1 unspecified atom stereocenters. The second-order valence-electron chi connectivity index (χ2n) is 7.42. The lowest BCUT2D eigenvalue weighted by molar-refractivity contribution is -0.119. The van der Waals surface area contributed by atoms with E-state index in [9.17, 15) is 19.1 Å². The molecule has 0 fully saturated rings. The molecule has 1 heterocycles. The van der Waals surface area contributed by atoms with E-state index in [4.69, 9.17) is 5.73 Å². The number of phenols is 1. The van der Waals surface area contributed by atoms with Crippen LogP contribution in [0.2, 0.25) is 0 Å². The predicted molar refractivity (Wildman–Crippen MR) is 111 cm³/mol. The van der Waals surface area contributed by atoms with Crippen LogP contribution in [-0.4, -0.2) is 21.5 Å². The van der Waals surface area contributed by atoms with Gasteiger partial charge in [0.2, 0.25) is 5.91 Å². The van der Waals surface area contributed by atoms with Gasteiger partial charge >= 0.3 is 0 Å². The number of fused-ring (bicyclic) bond motifs is 1. The van der Waals surface area contributed by atoms with Crippen molar-refractivity contribution in [3.05, 3.63) is 64.6 Å². The lowest BCUT2D eigenvalue weighted by Gasteiger charge is -2.14. The third kappa shape index (κ3) is 3.75. The summed E-state index contributed by atoms with van der Waals surface area (Å²) in [6, 6.07) is 9.48. The number of amides is 1. The van der Waals surface area contributed by atoms with Crippen molar-refractivity contribution in [2.24, 2.45) is 5.73 Å². The summed E-state index contributed by atoms with van der Waals surface area (Å²) in [5.74, 6) is -2.83. The van der Waals surface area contributed by atoms with Gasteiger partial charge in [0.15, 0.2) is 11.6 Å². The number of primary amides is 1. The van der Waals surface area contributed by atoms with Crippen molar-refractivity contribution in [1.82, 2.24) is 4.57 Å². The first-order chi connectivity index (χ1) is 13.8. The summed E-state index contributed by atoms with van der Waals surface area (Å²) in [6.07, 6.45) is 2.17. The largest absolute Gasteiger partial charge is 0.505 e. The molecule has 0 aliphatic carbocycles. The van der Waals surface area contributed by atoms with Crippen LogP contribution in [0.25, 0.3) is 10.9 Å². The maximum atomic E-state index is 14.2. The SMILES string of the molecule is CCCCC(C(N)=O)c1c(C)n(C(=O)c2ccc(C)cc2)c2cc(F)c(O)cc12. The lowest BCUT2D eigenvalue weighted by atomic mass is 9.90. The topological polar surface area (TPSA) is 85.3 Å². The van der Waals surface area contributed by atoms with Crippen molar-refractivity contribution in [3.63, 3.8) is 0 Å². The van der Waals surface area contributed by atoms with E-state index in [1.165, 1.54) is 10.6 Å². The molecule has 3 rings (SSSR count). The molecule has 3 aromatic rings. The first-order valence-corrected chi connectivity index (χ1v) is 9.70. The molecule has 0 aliphatic rings. The molecule has 3 N–H and O–H groups in total. The highest BCUT2D eigenvalue weighted by Gasteiger charge is 2.28. The minimum Gasteiger partial charge on any atom is -0.505 e. The summed E-state index contributed by atoms with van der Waals surface area (Å²) in [7, 11) is 0. The maximum absolute atomic E-state index is 14.2. The molecular formula is C23H25FN2O3. The summed E-state index contributed by atoms with van der Waals surface area (Å²) in [4.78, 5) is 25.5. The van der Waals surface area contributed by atoms with Crippen LogP contribution < -0.4 is 5.73 Å². The number of aromatic hydroxyl groups is 1. The van der Waals surface area contributed by atoms with Gasteiger partial charge in [-0.1, -0.05) is 37.5 Å². The molecule has 2 aromatic carbocycles. The monoisotopic (exact) mass is 396 g/mol. The first-order valence-electron chi connectivity index (χ1n) is 9.70. The highest BCUT2D eigenvalue weighted by atomic mass is 19.1. The Labute approximate surface area is 168 Å². The minimum atomic E-state index is -0.830. The molecule has 1 atom stereocenters. The van der Waals surface area contributed by atoms with Crippen LogP contribution in [0, 0.1) is 19.7 Å². The van der Waals surface area contributed by atoms with E-state index in [0.29, 0.717) is 34.1 Å². The number of hydrogen-bond acceptors (Lipinski definition) is 3. The number of phenolic OH excluding ortho intramolecular Hbond substituents is 1. The second-order valence-corrected chi connectivity index (χ2v) is 7.42. The smallest absolute Gasteiger partial charge is 0.262 e. The third-order valence-corrected chi connectivity index (χ3v) is 5.36. The van der Waals surface area contributed by atoms with Crippen LogP contribution in [0.15, 0.2) is 36.4 Å². The van der Waals surface area contributed by atoms with Crippen molar-refractivity contribution in [2.45, 2.75) is 46.0 Å². The lowest BCUT2D eigenvalue weighted by Crippen LogP contribution is -2.22. The average molecular weight is 396 g/mol. The summed E-state index contributed by atoms with van der Waals surface area (Å²) in [5.41, 5.74) is 8.54. The average Bonchev–Trinajstić information content (AvgIpc) is 2.94. The van der Waals surface area contributed by atoms with Crippen LogP contribution in [0.1, 0.15) is 59.3 Å². The van der Waals surface area contributed by atoms with Gasteiger partial charge in [-0.2, -0.15) is 0 Å². The number of aryl methyl sites for hydroxylation is 1. The third-order valence-electron chi connectivity index (χ3n) is 5.36. The minimum absolute atomic E-state index is 0.307. The number of nitrogens with zero attached hydrogens (tertiary/aromatic N) is 1. The molecule has 0 saturated heterocycles. The molecule has 152 valence electrons. The van der Waals surface area contributed by atoms with Crippen LogP contribution in [0.4, 0.5) is 4.39 Å². The van der Waals surface area contributed by atoms with Crippen LogP contribution >= 0.6 is 0 Å². The molecule has 0 aliphatic heterocycles. The number of unbranched alkanes of at least 4 members (excludes halogenated alkanes) is 1. The Kier molecular flexibility index (Phi) is 5.73. The fourth-order valence-corrected chi connectivity index (χ4v) is 3.81. The molecule has 5 nitrogen and oxygen atoms in total. The Hall–Kier alpha value is -3.15. The number of benzene rings is 2. The van der Waals surface area contributed by atoms with Gasteiger partial charge < -0.3 is 10.8 Å². The Morgan fingerprint density at radius 2 is 1.83 bits per heavy atom. The van der Waals surface area contributed by atoms with Crippen molar-refractivity contribution in [1.29, 1.82) is 0 Å². The maximum Gasteiger partial charge on any atom is 0.262 e. The van der Waals surface area contributed by atoms with E-state index in [0.717, 1.165) is 24.5 Å².